The van der Waals surface area contributed by atoms with E-state index in [1.54, 1.807) is 17.8 Å². The Labute approximate surface area is 253 Å². The molecule has 2 aromatic heterocycles. The lowest BCUT2D eigenvalue weighted by atomic mass is 9.89. The Kier molecular flexibility index (Phi) is 8.21. The van der Waals surface area contributed by atoms with Gasteiger partial charge in [-0.15, -0.1) is 0 Å². The van der Waals surface area contributed by atoms with Crippen molar-refractivity contribution in [2.24, 2.45) is 5.73 Å². The maximum absolute atomic E-state index is 14.0. The number of halogens is 1. The van der Waals surface area contributed by atoms with Crippen LogP contribution < -0.4 is 15.8 Å². The molecule has 0 radical (unpaired) electrons. The van der Waals surface area contributed by atoms with Crippen LogP contribution in [0.3, 0.4) is 0 Å². The van der Waals surface area contributed by atoms with E-state index in [1.165, 1.54) is 5.56 Å². The average Bonchev–Trinajstić information content (AvgIpc) is 3.39. The number of rotatable bonds is 8. The van der Waals surface area contributed by atoms with Crippen molar-refractivity contribution < 1.29 is 9.53 Å². The second kappa shape index (κ2) is 12.3. The molecule has 0 atom stereocenters. The Morgan fingerprint density at radius 2 is 1.81 bits per heavy atom. The standard InChI is InChI=1S/C33H33BrN6O2/c1-42-26-12-7-8-22(18-26)20-36-31-28(33(41)39-16-14-24(15-17-39)23-9-3-2-4-10-23)21-37-32-29(34)30(38-40(31)32)27-13-6-5-11-25(27)19-35/h2-13,18,21,24,36H,14-17,19-20,35H2,1H3. The van der Waals surface area contributed by atoms with Gasteiger partial charge in [-0.3, -0.25) is 4.79 Å². The summed E-state index contributed by atoms with van der Waals surface area (Å²) in [5, 5.41) is 8.48. The Morgan fingerprint density at radius 1 is 1.05 bits per heavy atom. The van der Waals surface area contributed by atoms with E-state index in [4.69, 9.17) is 20.6 Å². The van der Waals surface area contributed by atoms with Gasteiger partial charge in [-0.25, -0.2) is 4.98 Å². The topological polar surface area (TPSA) is 97.8 Å². The number of aromatic nitrogens is 3. The molecule has 3 heterocycles. The van der Waals surface area contributed by atoms with Gasteiger partial charge in [-0.1, -0.05) is 66.7 Å². The molecule has 1 saturated heterocycles. The van der Waals surface area contributed by atoms with Gasteiger partial charge < -0.3 is 20.7 Å². The molecule has 0 spiro atoms. The summed E-state index contributed by atoms with van der Waals surface area (Å²) in [6, 6.07) is 26.3. The summed E-state index contributed by atoms with van der Waals surface area (Å²) in [7, 11) is 1.65. The van der Waals surface area contributed by atoms with Gasteiger partial charge in [0.1, 0.15) is 22.8 Å². The molecule has 1 fully saturated rings. The highest BCUT2D eigenvalue weighted by molar-refractivity contribution is 9.10. The molecule has 3 aromatic carbocycles. The zero-order valence-electron chi connectivity index (χ0n) is 23.5. The minimum Gasteiger partial charge on any atom is -0.497 e. The SMILES string of the molecule is COc1cccc(CNc2c(C(=O)N3CCC(c4ccccc4)CC3)cnc3c(Br)c(-c4ccccc4CN)nn23)c1. The maximum Gasteiger partial charge on any atom is 0.259 e. The lowest BCUT2D eigenvalue weighted by Crippen LogP contribution is -2.38. The molecule has 0 aliphatic carbocycles. The van der Waals surface area contributed by atoms with Crippen molar-refractivity contribution in [3.05, 3.63) is 112 Å². The first-order valence-corrected chi connectivity index (χ1v) is 14.9. The van der Waals surface area contributed by atoms with Crippen LogP contribution in [0.2, 0.25) is 0 Å². The van der Waals surface area contributed by atoms with Crippen molar-refractivity contribution in [2.45, 2.75) is 31.8 Å². The normalized spacial score (nSPS) is 13.8. The van der Waals surface area contributed by atoms with Crippen LogP contribution in [0.5, 0.6) is 5.75 Å². The van der Waals surface area contributed by atoms with Crippen molar-refractivity contribution in [1.29, 1.82) is 0 Å². The number of nitrogens with two attached hydrogens (primary N) is 1. The highest BCUT2D eigenvalue weighted by atomic mass is 79.9. The van der Waals surface area contributed by atoms with E-state index in [2.05, 4.69) is 45.5 Å². The molecule has 9 heteroatoms. The van der Waals surface area contributed by atoms with Crippen LogP contribution in [0.15, 0.2) is 89.5 Å². The summed E-state index contributed by atoms with van der Waals surface area (Å²) < 4.78 is 7.90. The van der Waals surface area contributed by atoms with Gasteiger partial charge in [0, 0.05) is 37.9 Å². The first-order valence-electron chi connectivity index (χ1n) is 14.1. The number of amides is 1. The van der Waals surface area contributed by atoms with Crippen LogP contribution in [0.25, 0.3) is 16.9 Å². The molecule has 3 N–H and O–H groups in total. The Bertz CT molecular complexity index is 1710. The highest BCUT2D eigenvalue weighted by Crippen LogP contribution is 2.35. The maximum atomic E-state index is 14.0. The van der Waals surface area contributed by atoms with Crippen LogP contribution in [-0.2, 0) is 13.1 Å². The van der Waals surface area contributed by atoms with E-state index in [0.29, 0.717) is 49.1 Å². The largest absolute Gasteiger partial charge is 0.497 e. The lowest BCUT2D eigenvalue weighted by Gasteiger charge is -2.32. The molecular weight excluding hydrogens is 592 g/mol. The Balaban J connectivity index is 1.36. The summed E-state index contributed by atoms with van der Waals surface area (Å²) in [5.74, 6) is 1.76. The van der Waals surface area contributed by atoms with E-state index in [-0.39, 0.29) is 5.91 Å². The van der Waals surface area contributed by atoms with E-state index >= 15 is 0 Å². The quantitative estimate of drug-likeness (QED) is 0.211. The molecule has 1 amide bonds. The number of hydrogen-bond acceptors (Lipinski definition) is 6. The van der Waals surface area contributed by atoms with Crippen molar-refractivity contribution >= 4 is 33.3 Å². The van der Waals surface area contributed by atoms with Gasteiger partial charge in [0.05, 0.1) is 11.6 Å². The number of carbonyl (C=O) groups excluding carboxylic acids is 1. The third-order valence-corrected chi connectivity index (χ3v) is 8.69. The number of fused-ring (bicyclic) bond motifs is 1. The molecule has 5 aromatic rings. The van der Waals surface area contributed by atoms with Crippen LogP contribution in [0.1, 0.15) is 45.8 Å². The van der Waals surface area contributed by atoms with Gasteiger partial charge in [0.2, 0.25) is 0 Å². The molecule has 8 nitrogen and oxygen atoms in total. The van der Waals surface area contributed by atoms with Crippen LogP contribution >= 0.6 is 15.9 Å². The number of benzene rings is 3. The zero-order chi connectivity index (χ0) is 29.1. The minimum atomic E-state index is -0.0559. The molecular formula is C33H33BrN6O2. The number of ether oxygens (including phenoxy) is 1. The summed E-state index contributed by atoms with van der Waals surface area (Å²) in [6.07, 6.45) is 3.51. The number of anilines is 1. The predicted octanol–water partition coefficient (Wildman–Crippen LogP) is 6.26. The van der Waals surface area contributed by atoms with Gasteiger partial charge in [0.15, 0.2) is 5.65 Å². The minimum absolute atomic E-state index is 0.0559. The average molecular weight is 626 g/mol. The first kappa shape index (κ1) is 27.9. The fourth-order valence-corrected chi connectivity index (χ4v) is 6.23. The van der Waals surface area contributed by atoms with E-state index in [1.807, 2.05) is 59.5 Å². The zero-order valence-corrected chi connectivity index (χ0v) is 25.0. The smallest absolute Gasteiger partial charge is 0.259 e. The summed E-state index contributed by atoms with van der Waals surface area (Å²) in [5.41, 5.74) is 12.1. The van der Waals surface area contributed by atoms with Gasteiger partial charge >= 0.3 is 0 Å². The fraction of sp³-hybridized carbons (Fsp3) is 0.242. The summed E-state index contributed by atoms with van der Waals surface area (Å²) in [4.78, 5) is 20.7. The second-order valence-electron chi connectivity index (χ2n) is 10.5. The number of carbonyl (C=O) groups is 1. The third-order valence-electron chi connectivity index (χ3n) is 7.96. The van der Waals surface area contributed by atoms with Crippen LogP contribution in [-0.4, -0.2) is 45.6 Å². The molecule has 0 saturated carbocycles. The molecule has 0 bridgehead atoms. The molecule has 0 unspecified atom stereocenters. The number of piperidine rings is 1. The monoisotopic (exact) mass is 624 g/mol. The molecule has 42 heavy (non-hydrogen) atoms. The van der Waals surface area contributed by atoms with Crippen molar-refractivity contribution in [1.82, 2.24) is 19.5 Å². The molecule has 6 rings (SSSR count). The van der Waals surface area contributed by atoms with Crippen molar-refractivity contribution in [3.63, 3.8) is 0 Å². The van der Waals surface area contributed by atoms with Crippen LogP contribution in [0.4, 0.5) is 5.82 Å². The second-order valence-corrected chi connectivity index (χ2v) is 11.3. The molecule has 1 aliphatic rings. The number of methoxy groups -OCH3 is 1. The summed E-state index contributed by atoms with van der Waals surface area (Å²) in [6.45, 7) is 2.22. The van der Waals surface area contributed by atoms with Crippen molar-refractivity contribution in [3.8, 4) is 17.0 Å². The molecule has 214 valence electrons. The van der Waals surface area contributed by atoms with E-state index in [9.17, 15) is 4.79 Å². The van der Waals surface area contributed by atoms with Crippen molar-refractivity contribution in [2.75, 3.05) is 25.5 Å². The third kappa shape index (κ3) is 5.49. The van der Waals surface area contributed by atoms with Gasteiger partial charge in [-0.2, -0.15) is 9.61 Å². The van der Waals surface area contributed by atoms with Gasteiger partial charge in [0.25, 0.3) is 5.91 Å². The number of hydrogen-bond donors (Lipinski definition) is 2. The number of nitrogens with one attached hydrogen (secondary N) is 1. The van der Waals surface area contributed by atoms with E-state index < -0.39 is 0 Å². The van der Waals surface area contributed by atoms with E-state index in [0.717, 1.165) is 45.4 Å². The lowest BCUT2D eigenvalue weighted by molar-refractivity contribution is 0.0713. The highest BCUT2D eigenvalue weighted by Gasteiger charge is 2.28. The Morgan fingerprint density at radius 3 is 2.57 bits per heavy atom. The predicted molar refractivity (Wildman–Crippen MR) is 169 cm³/mol. The number of nitrogens with zero attached hydrogens (tertiary/aromatic N) is 4. The fourth-order valence-electron chi connectivity index (χ4n) is 5.67. The Hall–Kier alpha value is -4.21. The first-order chi connectivity index (χ1) is 20.6. The number of likely N-dealkylation sites (tertiary alicyclic amines) is 1. The summed E-state index contributed by atoms with van der Waals surface area (Å²) >= 11 is 3.74. The molecule has 1 aliphatic heterocycles. The van der Waals surface area contributed by atoms with Crippen LogP contribution in [0, 0.1) is 0 Å². The van der Waals surface area contributed by atoms with Gasteiger partial charge in [-0.05, 0) is 63.5 Å².